The molecule has 0 bridgehead atoms. The minimum absolute atomic E-state index is 0.0127. The van der Waals surface area contributed by atoms with E-state index in [9.17, 15) is 24.6 Å². The average molecular weight is 704 g/mol. The molecule has 0 fully saturated rings. The summed E-state index contributed by atoms with van der Waals surface area (Å²) < 4.78 is 14.3. The van der Waals surface area contributed by atoms with Gasteiger partial charge in [0.15, 0.2) is 12.6 Å². The van der Waals surface area contributed by atoms with Gasteiger partial charge in [0.05, 0.1) is 26.3 Å². The van der Waals surface area contributed by atoms with E-state index in [0.29, 0.717) is 25.9 Å². The third-order valence-electron chi connectivity index (χ3n) is 8.86. The van der Waals surface area contributed by atoms with Crippen molar-refractivity contribution in [2.75, 3.05) is 0 Å². The van der Waals surface area contributed by atoms with Crippen molar-refractivity contribution in [1.82, 2.24) is 13.7 Å². The fourth-order valence-electron chi connectivity index (χ4n) is 5.98. The normalized spacial score (nSPS) is 13.5. The van der Waals surface area contributed by atoms with Crippen LogP contribution in [0.15, 0.2) is 88.7 Å². The van der Waals surface area contributed by atoms with Crippen molar-refractivity contribution in [2.45, 2.75) is 124 Å². The van der Waals surface area contributed by atoms with Gasteiger partial charge in [0, 0.05) is 17.4 Å². The third-order valence-corrected chi connectivity index (χ3v) is 8.86. The van der Waals surface area contributed by atoms with E-state index in [1.807, 2.05) is 18.2 Å². The van der Waals surface area contributed by atoms with Gasteiger partial charge in [-0.05, 0) is 72.4 Å². The van der Waals surface area contributed by atoms with Crippen LogP contribution < -0.4 is 17.1 Å². The van der Waals surface area contributed by atoms with Crippen molar-refractivity contribution < 1.29 is 19.7 Å². The summed E-state index contributed by atoms with van der Waals surface area (Å²) in [4.78, 5) is 39.4. The van der Waals surface area contributed by atoms with E-state index in [1.54, 1.807) is 26.8 Å². The minimum Gasteiger partial charge on any atom is -0.368 e. The molecule has 0 aliphatic heterocycles. The van der Waals surface area contributed by atoms with Crippen LogP contribution in [0.25, 0.3) is 0 Å². The molecule has 2 N–H and O–H groups in total. The zero-order chi connectivity index (χ0) is 38.3. The lowest BCUT2D eigenvalue weighted by atomic mass is 9.76. The predicted molar refractivity (Wildman–Crippen MR) is 203 cm³/mol. The molecule has 0 saturated carbocycles. The van der Waals surface area contributed by atoms with Gasteiger partial charge in [-0.3, -0.25) is 0 Å². The van der Waals surface area contributed by atoms with Crippen molar-refractivity contribution >= 4 is 0 Å². The number of ether oxygens (including phenoxy) is 2. The molecule has 1 heterocycles. The van der Waals surface area contributed by atoms with Crippen LogP contribution in [0, 0.1) is 5.41 Å². The summed E-state index contributed by atoms with van der Waals surface area (Å²) in [5.41, 5.74) is 2.26. The highest BCUT2D eigenvalue weighted by Crippen LogP contribution is 2.35. The molecule has 0 saturated heterocycles. The highest BCUT2D eigenvalue weighted by molar-refractivity contribution is 5.45. The smallest absolute Gasteiger partial charge is 0.337 e. The van der Waals surface area contributed by atoms with E-state index >= 15 is 0 Å². The molecule has 2 atom stereocenters. The molecule has 3 rings (SSSR count). The minimum atomic E-state index is -1.51. The molecule has 278 valence electrons. The van der Waals surface area contributed by atoms with Crippen molar-refractivity contribution in [3.8, 4) is 0 Å². The number of rotatable bonds is 17. The highest BCUT2D eigenvalue weighted by atomic mass is 16.6. The Hall–Kier alpha value is -4.09. The molecule has 10 nitrogen and oxygen atoms in total. The Morgan fingerprint density at radius 3 is 1.57 bits per heavy atom. The van der Waals surface area contributed by atoms with Gasteiger partial charge in [0.25, 0.3) is 0 Å². The fraction of sp³-hybridized carbons (Fsp3) is 0.488. The van der Waals surface area contributed by atoms with Crippen LogP contribution in [0.5, 0.6) is 0 Å². The number of nitrogens with zero attached hydrogens (tertiary/aromatic N) is 3. The molecule has 0 aliphatic carbocycles. The molecule has 3 aromatic rings. The van der Waals surface area contributed by atoms with Crippen LogP contribution in [-0.4, -0.2) is 36.5 Å². The molecule has 0 spiro atoms. The lowest BCUT2D eigenvalue weighted by Gasteiger charge is -2.29. The van der Waals surface area contributed by atoms with Crippen molar-refractivity contribution in [3.63, 3.8) is 0 Å². The first kappa shape index (κ1) is 41.3. The van der Waals surface area contributed by atoms with E-state index in [1.165, 1.54) is 6.08 Å². The van der Waals surface area contributed by atoms with Gasteiger partial charge < -0.3 is 19.7 Å². The van der Waals surface area contributed by atoms with Crippen LogP contribution in [0.1, 0.15) is 95.2 Å². The molecule has 10 heteroatoms. The van der Waals surface area contributed by atoms with E-state index in [2.05, 4.69) is 78.6 Å². The first-order valence-electron chi connectivity index (χ1n) is 17.4. The maximum atomic E-state index is 13.3. The molecule has 2 aromatic carbocycles. The Morgan fingerprint density at radius 2 is 1.14 bits per heavy atom. The van der Waals surface area contributed by atoms with E-state index in [-0.39, 0.29) is 18.6 Å². The Balaban J connectivity index is 1.87. The van der Waals surface area contributed by atoms with Crippen molar-refractivity contribution in [2.24, 2.45) is 5.41 Å². The Bertz CT molecular complexity index is 1880. The lowest BCUT2D eigenvalue weighted by molar-refractivity contribution is -0.126. The standard InChI is InChI=1S/C41H57N3O7/c1-12-15-28-22-32(19-17-30(28)26-50-34(45)24-39(4,5)6)41(10,11)33-20-18-31(29(23-33)16-13-2)27-51-35(46)25-43-36(47)42(21-14-3)37(48)44(38(43)49)40(7,8)9/h12-14,17-20,22-23,34-35,45-46H,1-3,15-16,21,24-27H2,4-11H3. The molecule has 0 aliphatic rings. The highest BCUT2D eigenvalue weighted by Gasteiger charge is 2.27. The van der Waals surface area contributed by atoms with E-state index in [0.717, 1.165) is 47.1 Å². The predicted octanol–water partition coefficient (Wildman–Crippen LogP) is 5.70. The Morgan fingerprint density at radius 1 is 0.667 bits per heavy atom. The number of hydrogen-bond donors (Lipinski definition) is 2. The van der Waals surface area contributed by atoms with Crippen molar-refractivity contribution in [3.05, 3.63) is 139 Å². The van der Waals surface area contributed by atoms with Crippen LogP contribution in [0.2, 0.25) is 0 Å². The lowest BCUT2D eigenvalue weighted by Crippen LogP contribution is -2.59. The number of benzene rings is 2. The maximum Gasteiger partial charge on any atom is 0.337 e. The van der Waals surface area contributed by atoms with Gasteiger partial charge in [-0.2, -0.15) is 0 Å². The van der Waals surface area contributed by atoms with Gasteiger partial charge in [-0.1, -0.05) is 89.2 Å². The maximum absolute atomic E-state index is 13.3. The first-order chi connectivity index (χ1) is 23.7. The summed E-state index contributed by atoms with van der Waals surface area (Å²) in [6.45, 7) is 26.8. The van der Waals surface area contributed by atoms with Crippen LogP contribution in [0.4, 0.5) is 0 Å². The number of aromatic nitrogens is 3. The van der Waals surface area contributed by atoms with Crippen LogP contribution >= 0.6 is 0 Å². The summed E-state index contributed by atoms with van der Waals surface area (Å²) in [5, 5.41) is 21.3. The van der Waals surface area contributed by atoms with Gasteiger partial charge in [-0.15, -0.1) is 19.7 Å². The molecular weight excluding hydrogens is 646 g/mol. The van der Waals surface area contributed by atoms with Crippen LogP contribution in [-0.2, 0) is 59.6 Å². The van der Waals surface area contributed by atoms with Crippen LogP contribution in [0.3, 0.4) is 0 Å². The van der Waals surface area contributed by atoms with Gasteiger partial charge in [0.2, 0.25) is 0 Å². The first-order valence-corrected chi connectivity index (χ1v) is 17.4. The zero-order valence-electron chi connectivity index (χ0n) is 31.7. The Kier molecular flexibility index (Phi) is 13.7. The summed E-state index contributed by atoms with van der Waals surface area (Å²) in [6, 6.07) is 12.4. The number of aliphatic hydroxyl groups excluding tert-OH is 2. The summed E-state index contributed by atoms with van der Waals surface area (Å²) in [5.74, 6) is 0. The number of hydrogen-bond acceptors (Lipinski definition) is 7. The molecule has 1 aromatic heterocycles. The largest absolute Gasteiger partial charge is 0.368 e. The topological polar surface area (TPSA) is 125 Å². The quantitative estimate of drug-likeness (QED) is 0.137. The van der Waals surface area contributed by atoms with E-state index < -0.39 is 47.1 Å². The number of aliphatic hydroxyl groups is 2. The average Bonchev–Trinajstić information content (AvgIpc) is 3.02. The number of allylic oxidation sites excluding steroid dienone is 3. The van der Waals surface area contributed by atoms with Gasteiger partial charge in [-0.25, -0.2) is 28.1 Å². The molecule has 0 radical (unpaired) electrons. The molecule has 0 amide bonds. The molecule has 2 unspecified atom stereocenters. The monoisotopic (exact) mass is 703 g/mol. The third kappa shape index (κ3) is 10.5. The Labute approximate surface area is 302 Å². The molecular formula is C41H57N3O7. The second-order valence-corrected chi connectivity index (χ2v) is 15.7. The SMILES string of the molecule is C=CCc1cc(C(C)(C)c2ccc(COC(O)CC(C)(C)C)c(CC=C)c2)ccc1COC(O)Cn1c(=O)n(CC=C)c(=O)n(C(C)(C)C)c1=O. The summed E-state index contributed by atoms with van der Waals surface area (Å²) in [6.07, 6.45) is 4.45. The van der Waals surface area contributed by atoms with Crippen molar-refractivity contribution in [1.29, 1.82) is 0 Å². The van der Waals surface area contributed by atoms with Gasteiger partial charge >= 0.3 is 17.1 Å². The summed E-state index contributed by atoms with van der Waals surface area (Å²) >= 11 is 0. The second-order valence-electron chi connectivity index (χ2n) is 15.7. The van der Waals surface area contributed by atoms with E-state index in [4.69, 9.17) is 9.47 Å². The second kappa shape index (κ2) is 17.0. The molecule has 51 heavy (non-hydrogen) atoms. The zero-order valence-corrected chi connectivity index (χ0v) is 31.7. The fourth-order valence-corrected chi connectivity index (χ4v) is 5.98. The summed E-state index contributed by atoms with van der Waals surface area (Å²) in [7, 11) is 0. The van der Waals surface area contributed by atoms with Gasteiger partial charge in [0.1, 0.15) is 0 Å².